The first-order valence-corrected chi connectivity index (χ1v) is 7.63. The molecule has 0 aliphatic heterocycles. The predicted molar refractivity (Wildman–Crippen MR) is 73.5 cm³/mol. The van der Waals surface area contributed by atoms with Crippen molar-refractivity contribution in [1.82, 2.24) is 9.34 Å². The first kappa shape index (κ1) is 15.9. The van der Waals surface area contributed by atoms with Crippen molar-refractivity contribution < 1.29 is 4.74 Å². The maximum atomic E-state index is 5.32. The van der Waals surface area contributed by atoms with Crippen molar-refractivity contribution in [2.45, 2.75) is 34.6 Å². The van der Waals surface area contributed by atoms with Gasteiger partial charge in [0.25, 0.3) is 0 Å². The fourth-order valence-electron chi connectivity index (χ4n) is 1.59. The fraction of sp³-hybridized carbons (Fsp3) is 0.833. The summed E-state index contributed by atoms with van der Waals surface area (Å²) in [5, 5.41) is 0. The molecule has 0 N–H and O–H groups in total. The Labute approximate surface area is 102 Å². The largest absolute Gasteiger partial charge is 0.501 e. The van der Waals surface area contributed by atoms with Gasteiger partial charge in [-0.15, -0.1) is 0 Å². The molecule has 0 aliphatic rings. The quantitative estimate of drug-likeness (QED) is 0.457. The number of hydrogen-bond donors (Lipinski definition) is 0. The molecule has 0 aliphatic carbocycles. The van der Waals surface area contributed by atoms with Crippen LogP contribution in [0.15, 0.2) is 12.1 Å². The topological polar surface area (TPSA) is 15.7 Å². The van der Waals surface area contributed by atoms with Gasteiger partial charge in [-0.25, -0.2) is 0 Å². The number of nitrogens with zero attached hydrogens (tertiary/aromatic N) is 2. The molecule has 4 heteroatoms. The van der Waals surface area contributed by atoms with Crippen molar-refractivity contribution in [2.24, 2.45) is 0 Å². The van der Waals surface area contributed by atoms with Crippen LogP contribution in [0.3, 0.4) is 0 Å². The Morgan fingerprint density at radius 2 is 1.31 bits per heavy atom. The highest BCUT2D eigenvalue weighted by Crippen LogP contribution is 2.45. The molecule has 0 aromatic rings. The molecule has 0 aromatic heterocycles. The van der Waals surface area contributed by atoms with Crippen LogP contribution < -0.4 is 0 Å². The molecule has 0 saturated carbocycles. The Bertz CT molecular complexity index is 168. The van der Waals surface area contributed by atoms with E-state index in [0.29, 0.717) is 0 Å². The van der Waals surface area contributed by atoms with Crippen LogP contribution in [0.1, 0.15) is 34.6 Å². The zero-order valence-electron chi connectivity index (χ0n) is 11.4. The van der Waals surface area contributed by atoms with Crippen LogP contribution in [0, 0.1) is 0 Å². The highest BCUT2D eigenvalue weighted by molar-refractivity contribution is 7.56. The summed E-state index contributed by atoms with van der Waals surface area (Å²) in [5.41, 5.74) is 0. The number of hydrogen-bond acceptors (Lipinski definition) is 3. The Kier molecular flexibility index (Phi) is 10.0. The van der Waals surface area contributed by atoms with Crippen molar-refractivity contribution >= 4 is 8.22 Å². The molecule has 96 valence electrons. The van der Waals surface area contributed by atoms with Crippen LogP contribution in [0.25, 0.3) is 0 Å². The smallest absolute Gasteiger partial charge is 0.0858 e. The van der Waals surface area contributed by atoms with Crippen LogP contribution in [0.4, 0.5) is 0 Å². The van der Waals surface area contributed by atoms with Gasteiger partial charge >= 0.3 is 0 Å². The maximum Gasteiger partial charge on any atom is 0.0858 e. The minimum atomic E-state index is -0.338. The van der Waals surface area contributed by atoms with E-state index in [1.165, 1.54) is 0 Å². The zero-order chi connectivity index (χ0) is 12.4. The van der Waals surface area contributed by atoms with E-state index in [9.17, 15) is 0 Å². The highest BCUT2D eigenvalue weighted by Gasteiger charge is 2.18. The zero-order valence-corrected chi connectivity index (χ0v) is 12.3. The molecular formula is C12H27N2OP. The van der Waals surface area contributed by atoms with Gasteiger partial charge in [0.05, 0.1) is 21.1 Å². The van der Waals surface area contributed by atoms with E-state index in [-0.39, 0.29) is 8.22 Å². The Morgan fingerprint density at radius 1 is 0.875 bits per heavy atom. The lowest BCUT2D eigenvalue weighted by molar-refractivity contribution is 0.269. The lowest BCUT2D eigenvalue weighted by Gasteiger charge is -2.35. The maximum absolute atomic E-state index is 5.32. The van der Waals surface area contributed by atoms with E-state index in [2.05, 4.69) is 42.9 Å². The molecule has 0 atom stereocenters. The van der Waals surface area contributed by atoms with Gasteiger partial charge in [0.15, 0.2) is 0 Å². The van der Waals surface area contributed by atoms with Crippen LogP contribution in [0.2, 0.25) is 0 Å². The Morgan fingerprint density at radius 3 is 1.62 bits per heavy atom. The van der Waals surface area contributed by atoms with E-state index in [1.54, 1.807) is 0 Å². The van der Waals surface area contributed by atoms with Gasteiger partial charge in [0, 0.05) is 32.0 Å². The molecule has 0 radical (unpaired) electrons. The molecule has 0 fully saturated rings. The standard InChI is InChI=1S/C12H27N2OP/c1-6-13(7-2)16(12-11-15-10-5)14(8-3)9-4/h11-12H,6-10H2,1-5H3/b12-11+. The van der Waals surface area contributed by atoms with Gasteiger partial charge in [0.1, 0.15) is 0 Å². The van der Waals surface area contributed by atoms with Crippen molar-refractivity contribution in [3.8, 4) is 0 Å². The van der Waals surface area contributed by atoms with Gasteiger partial charge in [-0.3, -0.25) is 9.34 Å². The second-order valence-electron chi connectivity index (χ2n) is 3.34. The third-order valence-electron chi connectivity index (χ3n) is 2.50. The molecule has 0 spiro atoms. The molecule has 0 rings (SSSR count). The monoisotopic (exact) mass is 246 g/mol. The molecule has 0 amide bonds. The van der Waals surface area contributed by atoms with E-state index >= 15 is 0 Å². The van der Waals surface area contributed by atoms with E-state index < -0.39 is 0 Å². The summed E-state index contributed by atoms with van der Waals surface area (Å²) in [7, 11) is -0.338. The second-order valence-corrected chi connectivity index (χ2v) is 5.41. The average Bonchev–Trinajstić information content (AvgIpc) is 2.31. The van der Waals surface area contributed by atoms with E-state index in [1.807, 2.05) is 13.2 Å². The van der Waals surface area contributed by atoms with Crippen LogP contribution in [-0.4, -0.2) is 42.1 Å². The van der Waals surface area contributed by atoms with Gasteiger partial charge in [-0.05, 0) is 6.92 Å². The second kappa shape index (κ2) is 10.1. The minimum Gasteiger partial charge on any atom is -0.501 e. The van der Waals surface area contributed by atoms with Crippen LogP contribution in [-0.2, 0) is 4.74 Å². The van der Waals surface area contributed by atoms with E-state index in [4.69, 9.17) is 4.74 Å². The van der Waals surface area contributed by atoms with Gasteiger partial charge in [-0.2, -0.15) is 0 Å². The van der Waals surface area contributed by atoms with Gasteiger partial charge in [0.2, 0.25) is 0 Å². The number of rotatable bonds is 9. The summed E-state index contributed by atoms with van der Waals surface area (Å²) < 4.78 is 10.3. The summed E-state index contributed by atoms with van der Waals surface area (Å²) in [5.74, 6) is 2.22. The minimum absolute atomic E-state index is 0.338. The molecule has 0 heterocycles. The van der Waals surface area contributed by atoms with Crippen LogP contribution >= 0.6 is 8.22 Å². The molecule has 0 aromatic carbocycles. The first-order chi connectivity index (χ1) is 7.74. The van der Waals surface area contributed by atoms with Crippen molar-refractivity contribution in [2.75, 3.05) is 32.8 Å². The van der Waals surface area contributed by atoms with Crippen LogP contribution in [0.5, 0.6) is 0 Å². The molecule has 3 nitrogen and oxygen atoms in total. The third kappa shape index (κ3) is 5.29. The van der Waals surface area contributed by atoms with E-state index in [0.717, 1.165) is 32.8 Å². The van der Waals surface area contributed by atoms with Crippen molar-refractivity contribution in [3.05, 3.63) is 12.1 Å². The SMILES string of the molecule is CCO/C=C/P(N(CC)CC)N(CC)CC. The normalized spacial score (nSPS) is 12.2. The number of ether oxygens (including phenoxy) is 1. The Balaban J connectivity index is 4.58. The lowest BCUT2D eigenvalue weighted by atomic mass is 10.7. The van der Waals surface area contributed by atoms with Gasteiger partial charge < -0.3 is 4.74 Å². The highest BCUT2D eigenvalue weighted by atomic mass is 31.1. The molecule has 0 unspecified atom stereocenters. The predicted octanol–water partition coefficient (Wildman–Crippen LogP) is 3.49. The fourth-order valence-corrected chi connectivity index (χ4v) is 3.68. The summed E-state index contributed by atoms with van der Waals surface area (Å²) in [6, 6.07) is 0. The molecule has 16 heavy (non-hydrogen) atoms. The average molecular weight is 246 g/mol. The molecule has 0 saturated heterocycles. The summed E-state index contributed by atoms with van der Waals surface area (Å²) in [6.07, 6.45) is 1.86. The Hall–Kier alpha value is -0.110. The summed E-state index contributed by atoms with van der Waals surface area (Å²) >= 11 is 0. The summed E-state index contributed by atoms with van der Waals surface area (Å²) in [6.45, 7) is 16.0. The summed E-state index contributed by atoms with van der Waals surface area (Å²) in [4.78, 5) is 0. The van der Waals surface area contributed by atoms with Gasteiger partial charge in [-0.1, -0.05) is 27.7 Å². The molecular weight excluding hydrogens is 219 g/mol. The third-order valence-corrected chi connectivity index (χ3v) is 5.18. The van der Waals surface area contributed by atoms with Crippen molar-refractivity contribution in [1.29, 1.82) is 0 Å². The lowest BCUT2D eigenvalue weighted by Crippen LogP contribution is -2.27. The van der Waals surface area contributed by atoms with Crippen molar-refractivity contribution in [3.63, 3.8) is 0 Å². The molecule has 0 bridgehead atoms. The first-order valence-electron chi connectivity index (χ1n) is 6.32.